The lowest BCUT2D eigenvalue weighted by atomic mass is 10.1. The molecule has 2 heterocycles. The molecule has 0 bridgehead atoms. The summed E-state index contributed by atoms with van der Waals surface area (Å²) in [4.78, 5) is 26.0. The van der Waals surface area contributed by atoms with E-state index in [1.807, 2.05) is 0 Å². The van der Waals surface area contributed by atoms with Crippen LogP contribution in [0.15, 0.2) is 24.3 Å². The van der Waals surface area contributed by atoms with Crippen LogP contribution in [0.5, 0.6) is 0 Å². The summed E-state index contributed by atoms with van der Waals surface area (Å²) < 4.78 is 5.33. The summed E-state index contributed by atoms with van der Waals surface area (Å²) in [6, 6.07) is 6.74. The lowest BCUT2D eigenvalue weighted by Gasteiger charge is -2.24. The van der Waals surface area contributed by atoms with Crippen LogP contribution in [-0.2, 0) is 4.74 Å². The normalized spacial score (nSPS) is 17.8. The lowest BCUT2D eigenvalue weighted by molar-refractivity contribution is -0.908. The molecule has 2 aliphatic heterocycles. The highest BCUT2D eigenvalue weighted by Crippen LogP contribution is 2.20. The average molecular weight is 349 g/mol. The third-order valence-electron chi connectivity index (χ3n) is 4.20. The van der Waals surface area contributed by atoms with Crippen LogP contribution < -0.4 is 15.6 Å². The molecule has 24 heavy (non-hydrogen) atoms. The molecule has 0 aromatic heterocycles. The molecule has 3 rings (SSSR count). The van der Waals surface area contributed by atoms with E-state index >= 15 is 0 Å². The maximum Gasteiger partial charge on any atom is 0.280 e. The fourth-order valence-corrected chi connectivity index (χ4v) is 3.08. The summed E-state index contributed by atoms with van der Waals surface area (Å²) >= 11 is 5.18. The average Bonchev–Trinajstić information content (AvgIpc) is 2.85. The largest absolute Gasteiger partial charge is 0.370 e. The van der Waals surface area contributed by atoms with Crippen LogP contribution in [-0.4, -0.2) is 61.3 Å². The molecule has 8 heteroatoms. The van der Waals surface area contributed by atoms with Crippen molar-refractivity contribution < 1.29 is 19.2 Å². The van der Waals surface area contributed by atoms with E-state index in [9.17, 15) is 9.59 Å². The maximum absolute atomic E-state index is 12.2. The number of fused-ring (bicyclic) bond motifs is 1. The van der Waals surface area contributed by atoms with Gasteiger partial charge in [-0.05, 0) is 24.4 Å². The minimum Gasteiger partial charge on any atom is -0.370 e. The second-order valence-corrected chi connectivity index (χ2v) is 6.23. The van der Waals surface area contributed by atoms with Gasteiger partial charge in [-0.15, -0.1) is 0 Å². The number of hydrogen-bond acceptors (Lipinski definition) is 4. The van der Waals surface area contributed by atoms with Crippen molar-refractivity contribution in [2.75, 3.05) is 39.4 Å². The van der Waals surface area contributed by atoms with Gasteiger partial charge in [0.1, 0.15) is 13.1 Å². The summed E-state index contributed by atoms with van der Waals surface area (Å²) in [7, 11) is 0. The van der Waals surface area contributed by atoms with Crippen molar-refractivity contribution in [2.45, 2.75) is 6.42 Å². The van der Waals surface area contributed by atoms with Gasteiger partial charge in [0.15, 0.2) is 5.11 Å². The van der Waals surface area contributed by atoms with E-state index in [1.165, 1.54) is 4.90 Å². The monoisotopic (exact) mass is 349 g/mol. The Bertz CT molecular complexity index is 611. The van der Waals surface area contributed by atoms with Gasteiger partial charge in [0.25, 0.3) is 11.8 Å². The molecular weight excluding hydrogens is 328 g/mol. The number of carbonyl (C=O) groups is 2. The van der Waals surface area contributed by atoms with Crippen molar-refractivity contribution in [3.8, 4) is 0 Å². The fraction of sp³-hybridized carbons (Fsp3) is 0.438. The number of hydrazine groups is 1. The highest BCUT2D eigenvalue weighted by Gasteiger charge is 2.35. The Hall–Kier alpha value is -2.03. The summed E-state index contributed by atoms with van der Waals surface area (Å²) in [5.74, 6) is -0.755. The predicted octanol–water partition coefficient (Wildman–Crippen LogP) is -1.03. The van der Waals surface area contributed by atoms with Crippen molar-refractivity contribution in [2.24, 2.45) is 0 Å². The zero-order chi connectivity index (χ0) is 16.9. The fourth-order valence-electron chi connectivity index (χ4n) is 2.88. The smallest absolute Gasteiger partial charge is 0.280 e. The molecule has 0 radical (unpaired) electrons. The van der Waals surface area contributed by atoms with Gasteiger partial charge in [-0.2, -0.15) is 5.01 Å². The first-order valence-electron chi connectivity index (χ1n) is 8.10. The number of ether oxygens (including phenoxy) is 1. The quantitative estimate of drug-likeness (QED) is 0.359. The Balaban J connectivity index is 1.42. The van der Waals surface area contributed by atoms with Crippen LogP contribution in [0.3, 0.4) is 0 Å². The summed E-state index contributed by atoms with van der Waals surface area (Å²) in [6.07, 6.45) is 0.958. The van der Waals surface area contributed by atoms with Crippen LogP contribution in [0, 0.1) is 0 Å². The first kappa shape index (κ1) is 16.8. The Morgan fingerprint density at radius 2 is 1.79 bits per heavy atom. The Morgan fingerprint density at radius 3 is 2.42 bits per heavy atom. The Kier molecular flexibility index (Phi) is 5.39. The number of rotatable bonds is 5. The number of carbonyl (C=O) groups excluding carboxylic acids is 2. The molecule has 1 aromatic rings. The van der Waals surface area contributed by atoms with E-state index in [0.29, 0.717) is 17.7 Å². The van der Waals surface area contributed by atoms with Crippen LogP contribution >= 0.6 is 12.2 Å². The number of morpholine rings is 1. The Morgan fingerprint density at radius 1 is 1.17 bits per heavy atom. The zero-order valence-electron chi connectivity index (χ0n) is 13.3. The number of nitrogens with one attached hydrogen (secondary N) is 3. The van der Waals surface area contributed by atoms with Gasteiger partial charge in [0.2, 0.25) is 0 Å². The highest BCUT2D eigenvalue weighted by molar-refractivity contribution is 7.80. The molecule has 1 saturated heterocycles. The van der Waals surface area contributed by atoms with Crippen LogP contribution in [0.25, 0.3) is 0 Å². The number of imide groups is 1. The molecule has 128 valence electrons. The first-order valence-corrected chi connectivity index (χ1v) is 8.51. The third-order valence-corrected chi connectivity index (χ3v) is 4.44. The molecule has 3 N–H and O–H groups in total. The topological polar surface area (TPSA) is 75.1 Å². The van der Waals surface area contributed by atoms with E-state index in [2.05, 4.69) is 10.7 Å². The van der Waals surface area contributed by atoms with Gasteiger partial charge in [-0.3, -0.25) is 15.0 Å². The Labute approximate surface area is 145 Å². The molecule has 7 nitrogen and oxygen atoms in total. The van der Waals surface area contributed by atoms with E-state index in [4.69, 9.17) is 17.0 Å². The van der Waals surface area contributed by atoms with Crippen LogP contribution in [0.1, 0.15) is 27.1 Å². The molecule has 0 aliphatic carbocycles. The highest BCUT2D eigenvalue weighted by atomic mass is 32.1. The standard InChI is InChI=1S/C16H20N4O3S/c21-14-12-4-1-2-5-13(12)15(22)20(14)18-16(24)17-6-3-7-19-8-10-23-11-9-19/h1-2,4-5H,3,6-11H2,(H2,17,18,24)/p+1. The number of hydrogen-bond donors (Lipinski definition) is 3. The van der Waals surface area contributed by atoms with Crippen molar-refractivity contribution in [3.05, 3.63) is 35.4 Å². The molecule has 1 aromatic carbocycles. The van der Waals surface area contributed by atoms with Crippen molar-refractivity contribution in [3.63, 3.8) is 0 Å². The summed E-state index contributed by atoms with van der Waals surface area (Å²) in [6.45, 7) is 5.46. The zero-order valence-corrected chi connectivity index (χ0v) is 14.2. The minimum atomic E-state index is -0.377. The summed E-state index contributed by atoms with van der Waals surface area (Å²) in [5, 5.41) is 4.29. The van der Waals surface area contributed by atoms with E-state index < -0.39 is 0 Å². The molecular formula is C16H21N4O3S+. The van der Waals surface area contributed by atoms with E-state index in [-0.39, 0.29) is 16.9 Å². The van der Waals surface area contributed by atoms with Gasteiger partial charge in [-0.25, -0.2) is 0 Å². The molecule has 0 atom stereocenters. The SMILES string of the molecule is O=C1c2ccccc2C(=O)N1NC(=S)NCCC[NH+]1CCOCC1. The van der Waals surface area contributed by atoms with Gasteiger partial charge in [0.05, 0.1) is 30.9 Å². The molecule has 0 saturated carbocycles. The minimum absolute atomic E-state index is 0.279. The third kappa shape index (κ3) is 3.72. The molecule has 0 unspecified atom stereocenters. The first-order chi connectivity index (χ1) is 11.7. The second-order valence-electron chi connectivity index (χ2n) is 5.82. The number of thiocarbonyl (C=S) groups is 1. The van der Waals surface area contributed by atoms with Crippen molar-refractivity contribution >= 4 is 29.1 Å². The van der Waals surface area contributed by atoms with E-state index in [1.54, 1.807) is 24.3 Å². The van der Waals surface area contributed by atoms with Crippen LogP contribution in [0.4, 0.5) is 0 Å². The summed E-state index contributed by atoms with van der Waals surface area (Å²) in [5.41, 5.74) is 3.49. The second kappa shape index (κ2) is 7.69. The number of nitrogens with zero attached hydrogens (tertiary/aromatic N) is 1. The number of amides is 2. The van der Waals surface area contributed by atoms with Crippen molar-refractivity contribution in [1.29, 1.82) is 0 Å². The van der Waals surface area contributed by atoms with Gasteiger partial charge in [-0.1, -0.05) is 12.1 Å². The number of quaternary nitrogens is 1. The molecule has 0 spiro atoms. The molecule has 2 aliphatic rings. The van der Waals surface area contributed by atoms with Crippen LogP contribution in [0.2, 0.25) is 0 Å². The van der Waals surface area contributed by atoms with Gasteiger partial charge < -0.3 is 15.0 Å². The lowest BCUT2D eigenvalue weighted by Crippen LogP contribution is -3.14. The number of benzene rings is 1. The van der Waals surface area contributed by atoms with E-state index in [0.717, 1.165) is 44.3 Å². The predicted molar refractivity (Wildman–Crippen MR) is 91.7 cm³/mol. The van der Waals surface area contributed by atoms with Gasteiger partial charge >= 0.3 is 0 Å². The molecule has 1 fully saturated rings. The van der Waals surface area contributed by atoms with Crippen molar-refractivity contribution in [1.82, 2.24) is 15.8 Å². The molecule has 2 amide bonds. The van der Waals surface area contributed by atoms with Gasteiger partial charge in [0, 0.05) is 13.0 Å². The maximum atomic E-state index is 12.2.